The van der Waals surface area contributed by atoms with Crippen LogP contribution in [0.4, 0.5) is 0 Å². The van der Waals surface area contributed by atoms with Crippen molar-refractivity contribution >= 4 is 45.6 Å². The molecule has 0 aromatic rings. The van der Waals surface area contributed by atoms with Crippen LogP contribution in [-0.4, -0.2) is 52.4 Å². The van der Waals surface area contributed by atoms with Gasteiger partial charge in [-0.05, 0) is 0 Å². The predicted molar refractivity (Wildman–Crippen MR) is 20.0 cm³/mol. The van der Waals surface area contributed by atoms with Crippen molar-refractivity contribution in [3.8, 4) is 0 Å². The summed E-state index contributed by atoms with van der Waals surface area (Å²) in [5, 5.41) is 0. The Morgan fingerprint density at radius 3 is 1.17 bits per heavy atom. The van der Waals surface area contributed by atoms with Crippen molar-refractivity contribution in [3.63, 3.8) is 0 Å². The monoisotopic (exact) mass is 138 g/mol. The molecule has 0 unspecified atom stereocenters. The van der Waals surface area contributed by atoms with Crippen LogP contribution in [0.3, 0.4) is 0 Å². The van der Waals surface area contributed by atoms with Crippen LogP contribution in [0.25, 0.3) is 0 Å². The number of phosphoric acid groups is 1. The summed E-state index contributed by atoms with van der Waals surface area (Å²) in [4.78, 5) is 21.6. The molecule has 0 spiro atoms. The van der Waals surface area contributed by atoms with Gasteiger partial charge in [-0.1, -0.05) is 0 Å². The quantitative estimate of drug-likeness (QED) is 0.287. The zero-order valence-electron chi connectivity index (χ0n) is 2.90. The van der Waals surface area contributed by atoms with Gasteiger partial charge in [0.25, 0.3) is 0 Å². The molecule has 4 nitrogen and oxygen atoms in total. The van der Waals surface area contributed by atoms with E-state index < -0.39 is 7.82 Å². The van der Waals surface area contributed by atoms with Gasteiger partial charge in [-0.2, -0.15) is 0 Å². The molecule has 3 N–H and O–H groups in total. The molecule has 0 radical (unpaired) electrons. The maximum Gasteiger partial charge on any atom is 2.00 e. The van der Waals surface area contributed by atoms with Crippen LogP contribution in [-0.2, 0) is 4.57 Å². The first-order chi connectivity index (χ1) is 2.00. The number of hydrogen-bond acceptors (Lipinski definition) is 1. The van der Waals surface area contributed by atoms with E-state index in [4.69, 9.17) is 19.2 Å². The molecule has 0 aliphatic rings. The smallest absolute Gasteiger partial charge is 0.303 e. The van der Waals surface area contributed by atoms with Crippen molar-refractivity contribution in [3.05, 3.63) is 0 Å². The molecule has 0 fully saturated rings. The summed E-state index contributed by atoms with van der Waals surface area (Å²) in [5.41, 5.74) is 0. The molecule has 0 aromatic carbocycles. The van der Waals surface area contributed by atoms with Crippen molar-refractivity contribution in [2.75, 3.05) is 0 Å². The zero-order chi connectivity index (χ0) is 4.50. The van der Waals surface area contributed by atoms with E-state index in [2.05, 4.69) is 0 Å². The third-order valence-corrected chi connectivity index (χ3v) is 0. The molecule has 0 aromatic heterocycles. The molecule has 0 amide bonds. The van der Waals surface area contributed by atoms with Crippen LogP contribution in [0.5, 0.6) is 0 Å². The van der Waals surface area contributed by atoms with Gasteiger partial charge in [0.1, 0.15) is 0 Å². The van der Waals surface area contributed by atoms with E-state index in [0.29, 0.717) is 0 Å². The first kappa shape index (κ1) is 10.4. The number of rotatable bonds is 0. The molecular formula is H3CaO4P+2. The minimum atomic E-state index is -4.64. The Balaban J connectivity index is 0. The molecular weight excluding hydrogens is 135 g/mol. The second-order valence-corrected chi connectivity index (χ2v) is 1.54. The van der Waals surface area contributed by atoms with Gasteiger partial charge in [0.2, 0.25) is 0 Å². The summed E-state index contributed by atoms with van der Waals surface area (Å²) in [6.07, 6.45) is 0. The second-order valence-electron chi connectivity index (χ2n) is 0.513. The summed E-state index contributed by atoms with van der Waals surface area (Å²) >= 11 is 0. The Morgan fingerprint density at radius 1 is 1.17 bits per heavy atom. The van der Waals surface area contributed by atoms with Crippen molar-refractivity contribution in [2.24, 2.45) is 0 Å². The fraction of sp³-hybridized carbons (Fsp3) is 0. The minimum Gasteiger partial charge on any atom is -0.303 e. The predicted octanol–water partition coefficient (Wildman–Crippen LogP) is -1.31. The van der Waals surface area contributed by atoms with Gasteiger partial charge in [0.15, 0.2) is 0 Å². The zero-order valence-corrected chi connectivity index (χ0v) is 6.01. The summed E-state index contributed by atoms with van der Waals surface area (Å²) < 4.78 is 8.88. The molecule has 0 heterocycles. The maximum absolute atomic E-state index is 8.88. The van der Waals surface area contributed by atoms with Crippen molar-refractivity contribution < 1.29 is 19.2 Å². The minimum absolute atomic E-state index is 0. The van der Waals surface area contributed by atoms with Crippen LogP contribution in [0.2, 0.25) is 0 Å². The molecule has 6 heteroatoms. The summed E-state index contributed by atoms with van der Waals surface area (Å²) in [5.74, 6) is 0. The standard InChI is InChI=1S/Ca.H3O4P/c;1-5(2,3)4/h;(H3,1,2,3,4)/q+2;. The molecule has 0 bridgehead atoms. The Kier molecular flexibility index (Phi) is 5.84. The van der Waals surface area contributed by atoms with E-state index in [1.54, 1.807) is 0 Å². The molecule has 0 saturated heterocycles. The average molecular weight is 138 g/mol. The van der Waals surface area contributed by atoms with E-state index in [0.717, 1.165) is 0 Å². The van der Waals surface area contributed by atoms with Gasteiger partial charge in [-0.3, -0.25) is 0 Å². The van der Waals surface area contributed by atoms with E-state index in [1.807, 2.05) is 0 Å². The van der Waals surface area contributed by atoms with Gasteiger partial charge in [0.05, 0.1) is 0 Å². The average Bonchev–Trinajstić information content (AvgIpc) is 0.722. The first-order valence-electron chi connectivity index (χ1n) is 0.783. The normalized spacial score (nSPS) is 9.83. The van der Waals surface area contributed by atoms with Gasteiger partial charge in [-0.25, -0.2) is 4.57 Å². The fourth-order valence-corrected chi connectivity index (χ4v) is 0. The van der Waals surface area contributed by atoms with E-state index in [9.17, 15) is 0 Å². The molecule has 0 atom stereocenters. The van der Waals surface area contributed by atoms with Crippen molar-refractivity contribution in [1.29, 1.82) is 0 Å². The molecule has 0 aliphatic carbocycles. The van der Waals surface area contributed by atoms with Crippen LogP contribution in [0.15, 0.2) is 0 Å². The third kappa shape index (κ3) is 54.6. The molecule has 32 valence electrons. The molecule has 0 saturated carbocycles. The van der Waals surface area contributed by atoms with Gasteiger partial charge in [0, 0.05) is 0 Å². The fourth-order valence-electron chi connectivity index (χ4n) is 0. The Morgan fingerprint density at radius 2 is 1.17 bits per heavy atom. The van der Waals surface area contributed by atoms with Crippen LogP contribution in [0, 0.1) is 0 Å². The van der Waals surface area contributed by atoms with Gasteiger partial charge < -0.3 is 14.7 Å². The summed E-state index contributed by atoms with van der Waals surface area (Å²) in [6, 6.07) is 0. The van der Waals surface area contributed by atoms with Gasteiger partial charge >= 0.3 is 45.6 Å². The van der Waals surface area contributed by atoms with Crippen molar-refractivity contribution in [1.82, 2.24) is 0 Å². The van der Waals surface area contributed by atoms with Crippen LogP contribution >= 0.6 is 7.82 Å². The Labute approximate surface area is 64.4 Å². The Bertz CT molecular complexity index is 53.7. The molecule has 0 rings (SSSR count). The van der Waals surface area contributed by atoms with E-state index >= 15 is 0 Å². The number of hydrogen-bond donors (Lipinski definition) is 3. The van der Waals surface area contributed by atoms with E-state index in [1.165, 1.54) is 0 Å². The molecule has 0 aliphatic heterocycles. The van der Waals surface area contributed by atoms with Crippen LogP contribution in [0.1, 0.15) is 0 Å². The van der Waals surface area contributed by atoms with Gasteiger partial charge in [-0.15, -0.1) is 0 Å². The molecule has 6 heavy (non-hydrogen) atoms. The maximum atomic E-state index is 8.88. The third-order valence-electron chi connectivity index (χ3n) is 0. The summed E-state index contributed by atoms with van der Waals surface area (Å²) in [7, 11) is -4.64. The SMILES string of the molecule is O=P(O)(O)O.[Ca+2]. The van der Waals surface area contributed by atoms with Crippen molar-refractivity contribution in [2.45, 2.75) is 0 Å². The topological polar surface area (TPSA) is 77.8 Å². The van der Waals surface area contributed by atoms with Crippen LogP contribution < -0.4 is 0 Å². The van der Waals surface area contributed by atoms with E-state index in [-0.39, 0.29) is 37.7 Å². The Hall–Kier alpha value is 1.37. The second kappa shape index (κ2) is 3.38. The summed E-state index contributed by atoms with van der Waals surface area (Å²) in [6.45, 7) is 0. The largest absolute Gasteiger partial charge is 2.00 e. The first-order valence-corrected chi connectivity index (χ1v) is 2.35.